The molecule has 1 saturated heterocycles. The third-order valence-electron chi connectivity index (χ3n) is 5.13. The van der Waals surface area contributed by atoms with Crippen LogP contribution in [0.4, 0.5) is 5.69 Å². The van der Waals surface area contributed by atoms with Crippen molar-refractivity contribution in [2.45, 2.75) is 57.8 Å². The maximum Gasteiger partial charge on any atom is 0.251 e. The van der Waals surface area contributed by atoms with Crippen molar-refractivity contribution >= 4 is 21.8 Å². The molecule has 0 aromatic heterocycles. The number of aliphatic hydroxyl groups excluding tert-OH is 3. The molecule has 4 N–H and O–H groups in total. The molecule has 166 valence electrons. The van der Waals surface area contributed by atoms with Crippen molar-refractivity contribution in [1.29, 1.82) is 5.26 Å². The summed E-state index contributed by atoms with van der Waals surface area (Å²) in [5, 5.41) is 39.7. The average Bonchev–Trinajstić information content (AvgIpc) is 2.73. The number of nitrogens with zero attached hydrogens (tertiary/aromatic N) is 2. The molecule has 9 nitrogen and oxygen atoms in total. The molecule has 0 spiro atoms. The highest BCUT2D eigenvalue weighted by Crippen LogP contribution is 2.24. The number of sulfonamides is 1. The van der Waals surface area contributed by atoms with Gasteiger partial charge in [0.25, 0.3) is 10.0 Å². The Bertz CT molecular complexity index is 877. The Hall–Kier alpha value is -2.00. The van der Waals surface area contributed by atoms with Gasteiger partial charge in [0.2, 0.25) is 0 Å². The molecule has 1 aliphatic heterocycles. The molecule has 0 aliphatic carbocycles. The van der Waals surface area contributed by atoms with E-state index in [4.69, 9.17) is 4.74 Å². The van der Waals surface area contributed by atoms with E-state index in [0.717, 1.165) is 18.8 Å². The van der Waals surface area contributed by atoms with Crippen molar-refractivity contribution in [2.24, 2.45) is 0 Å². The zero-order valence-corrected chi connectivity index (χ0v) is 18.1. The molecule has 1 fully saturated rings. The minimum Gasteiger partial charge on any atom is -0.388 e. The van der Waals surface area contributed by atoms with Crippen molar-refractivity contribution in [3.63, 3.8) is 0 Å². The van der Waals surface area contributed by atoms with E-state index in [2.05, 4.69) is 9.62 Å². The van der Waals surface area contributed by atoms with E-state index in [9.17, 15) is 29.0 Å². The summed E-state index contributed by atoms with van der Waals surface area (Å²) >= 11 is 0. The number of nitrogens with one attached hydrogen (secondary N) is 1. The summed E-state index contributed by atoms with van der Waals surface area (Å²) < 4.78 is 32.6. The first-order valence-corrected chi connectivity index (χ1v) is 11.4. The zero-order chi connectivity index (χ0) is 22.5. The molecule has 0 saturated carbocycles. The van der Waals surface area contributed by atoms with Gasteiger partial charge in [-0.15, -0.1) is 0 Å². The number of ether oxygens (including phenoxy) is 1. The van der Waals surface area contributed by atoms with E-state index in [1.54, 1.807) is 25.1 Å². The predicted molar refractivity (Wildman–Crippen MR) is 113 cm³/mol. The summed E-state index contributed by atoms with van der Waals surface area (Å²) in [6.07, 6.45) is -3.96. The van der Waals surface area contributed by atoms with Gasteiger partial charge in [-0.3, -0.25) is 0 Å². The van der Waals surface area contributed by atoms with Crippen LogP contribution in [0.2, 0.25) is 0 Å². The average molecular weight is 440 g/mol. The standard InChI is InChI=1S/C20H29N3O6S/c1-4-16-18(24)19(25)17(20(26)29-16)22-30(27,28)15(12-21)11-13-7-9-14(10-8-13)23(5-2)6-3/h7-11,16-20,22,24-26H,4-6H2,1-3H3/b15-11+/t16-,17-,18-,19-,20?/m1/s1. The normalized spacial score (nSPS) is 27.5. The van der Waals surface area contributed by atoms with Crippen LogP contribution in [0.3, 0.4) is 0 Å². The Morgan fingerprint density at radius 3 is 2.27 bits per heavy atom. The van der Waals surface area contributed by atoms with Crippen LogP contribution in [-0.4, -0.2) is 67.5 Å². The van der Waals surface area contributed by atoms with Gasteiger partial charge in [0, 0.05) is 18.8 Å². The molecule has 1 aliphatic rings. The fourth-order valence-corrected chi connectivity index (χ4v) is 4.50. The highest BCUT2D eigenvalue weighted by atomic mass is 32.2. The van der Waals surface area contributed by atoms with Gasteiger partial charge >= 0.3 is 0 Å². The Kier molecular flexibility index (Phi) is 8.37. The molecule has 10 heteroatoms. The lowest BCUT2D eigenvalue weighted by Crippen LogP contribution is -2.63. The predicted octanol–water partition coefficient (Wildman–Crippen LogP) is 0.534. The summed E-state index contributed by atoms with van der Waals surface area (Å²) in [6, 6.07) is 7.17. The molecular formula is C20H29N3O6S. The molecule has 1 unspecified atom stereocenters. The smallest absolute Gasteiger partial charge is 0.251 e. The third kappa shape index (κ3) is 5.37. The van der Waals surface area contributed by atoms with Gasteiger partial charge < -0.3 is 25.0 Å². The van der Waals surface area contributed by atoms with E-state index >= 15 is 0 Å². The van der Waals surface area contributed by atoms with Crippen LogP contribution in [0.25, 0.3) is 6.08 Å². The van der Waals surface area contributed by atoms with Crippen molar-refractivity contribution < 1.29 is 28.5 Å². The molecule has 0 radical (unpaired) electrons. The largest absolute Gasteiger partial charge is 0.388 e. The Morgan fingerprint density at radius 2 is 1.77 bits per heavy atom. The van der Waals surface area contributed by atoms with Gasteiger partial charge in [-0.2, -0.15) is 9.98 Å². The van der Waals surface area contributed by atoms with Gasteiger partial charge in [0.1, 0.15) is 24.3 Å². The maximum atomic E-state index is 12.7. The zero-order valence-electron chi connectivity index (χ0n) is 17.3. The Morgan fingerprint density at radius 1 is 1.17 bits per heavy atom. The fourth-order valence-electron chi connectivity index (χ4n) is 3.34. The van der Waals surface area contributed by atoms with Crippen LogP contribution < -0.4 is 9.62 Å². The number of allylic oxidation sites excluding steroid dienone is 1. The van der Waals surface area contributed by atoms with Crippen LogP contribution in [0.15, 0.2) is 29.2 Å². The molecule has 5 atom stereocenters. The van der Waals surface area contributed by atoms with E-state index < -0.39 is 45.6 Å². The molecule has 30 heavy (non-hydrogen) atoms. The summed E-state index contributed by atoms with van der Waals surface area (Å²) in [5.41, 5.74) is 1.47. The topological polar surface area (TPSA) is 143 Å². The second kappa shape index (κ2) is 10.3. The lowest BCUT2D eigenvalue weighted by Gasteiger charge is -2.40. The minimum atomic E-state index is -4.39. The number of anilines is 1. The van der Waals surface area contributed by atoms with Crippen molar-refractivity contribution in [3.05, 3.63) is 34.7 Å². The number of hydrogen-bond acceptors (Lipinski definition) is 8. The van der Waals surface area contributed by atoms with Crippen LogP contribution >= 0.6 is 0 Å². The first kappa shape index (κ1) is 24.3. The quantitative estimate of drug-likeness (QED) is 0.430. The van der Waals surface area contributed by atoms with Crippen molar-refractivity contribution in [2.75, 3.05) is 18.0 Å². The third-order valence-corrected chi connectivity index (χ3v) is 6.50. The highest BCUT2D eigenvalue weighted by molar-refractivity contribution is 7.93. The molecule has 0 bridgehead atoms. The Balaban J connectivity index is 2.24. The van der Waals surface area contributed by atoms with Crippen molar-refractivity contribution in [1.82, 2.24) is 4.72 Å². The van der Waals surface area contributed by atoms with Crippen LogP contribution in [-0.2, 0) is 14.8 Å². The first-order valence-electron chi connectivity index (χ1n) is 9.87. The fraction of sp³-hybridized carbons (Fsp3) is 0.550. The van der Waals surface area contributed by atoms with Crippen molar-refractivity contribution in [3.8, 4) is 6.07 Å². The van der Waals surface area contributed by atoms with Crippen LogP contribution in [0.1, 0.15) is 32.8 Å². The van der Waals surface area contributed by atoms with Crippen LogP contribution in [0.5, 0.6) is 0 Å². The van der Waals surface area contributed by atoms with Gasteiger partial charge in [-0.1, -0.05) is 19.1 Å². The molecule has 1 heterocycles. The Labute approximate surface area is 177 Å². The van der Waals surface area contributed by atoms with E-state index in [-0.39, 0.29) is 0 Å². The van der Waals surface area contributed by atoms with E-state index in [0.29, 0.717) is 12.0 Å². The second-order valence-corrected chi connectivity index (χ2v) is 8.67. The summed E-state index contributed by atoms with van der Waals surface area (Å²) in [6.45, 7) is 7.40. The van der Waals surface area contributed by atoms with Gasteiger partial charge in [0.05, 0.1) is 6.10 Å². The molecule has 1 aromatic rings. The number of benzene rings is 1. The molecule has 0 amide bonds. The lowest BCUT2D eigenvalue weighted by molar-refractivity contribution is -0.244. The SMILES string of the molecule is CC[C@H]1OC(O)[C@H](NS(=O)(=O)/C(C#N)=C/c2ccc(N(CC)CC)cc2)[C@@H](O)[C@@H]1O. The van der Waals surface area contributed by atoms with Gasteiger partial charge in [-0.25, -0.2) is 8.42 Å². The van der Waals surface area contributed by atoms with Gasteiger partial charge in [0.15, 0.2) is 11.2 Å². The molecule has 2 rings (SSSR count). The molecular weight excluding hydrogens is 410 g/mol. The molecule has 1 aromatic carbocycles. The second-order valence-electron chi connectivity index (χ2n) is 6.99. The number of rotatable bonds is 8. The first-order chi connectivity index (χ1) is 14.2. The summed E-state index contributed by atoms with van der Waals surface area (Å²) in [4.78, 5) is 1.53. The lowest BCUT2D eigenvalue weighted by atomic mass is 9.96. The highest BCUT2D eigenvalue weighted by Gasteiger charge is 2.45. The minimum absolute atomic E-state index is 0.321. The monoisotopic (exact) mass is 439 g/mol. The van der Waals surface area contributed by atoms with E-state index in [1.807, 2.05) is 26.0 Å². The summed E-state index contributed by atoms with van der Waals surface area (Å²) in [7, 11) is -4.39. The maximum absolute atomic E-state index is 12.7. The van der Waals surface area contributed by atoms with Crippen LogP contribution in [0, 0.1) is 11.3 Å². The number of nitriles is 1. The number of aliphatic hydroxyl groups is 3. The van der Waals surface area contributed by atoms with E-state index in [1.165, 1.54) is 6.08 Å². The van der Waals surface area contributed by atoms with Gasteiger partial charge in [-0.05, 0) is 44.0 Å². The number of hydrogen-bond donors (Lipinski definition) is 4. The summed E-state index contributed by atoms with van der Waals surface area (Å²) in [5.74, 6) is 0.